The maximum atomic E-state index is 11.8. The van der Waals surface area contributed by atoms with Gasteiger partial charge in [-0.15, -0.1) is 0 Å². The minimum atomic E-state index is -0.926. The van der Waals surface area contributed by atoms with E-state index in [-0.39, 0.29) is 11.1 Å². The lowest BCUT2D eigenvalue weighted by Gasteiger charge is -2.11. The summed E-state index contributed by atoms with van der Waals surface area (Å²) in [4.78, 5) is 23.7. The van der Waals surface area contributed by atoms with Crippen LogP contribution in [0.4, 0.5) is 0 Å². The molecule has 0 radical (unpaired) electrons. The topological polar surface area (TPSA) is 100 Å². The van der Waals surface area contributed by atoms with Gasteiger partial charge in [-0.2, -0.15) is 10.5 Å². The van der Waals surface area contributed by atoms with E-state index in [1.807, 2.05) is 0 Å². The van der Waals surface area contributed by atoms with E-state index < -0.39 is 24.1 Å². The third-order valence-corrected chi connectivity index (χ3v) is 2.30. The summed E-state index contributed by atoms with van der Waals surface area (Å²) >= 11 is 0. The first kappa shape index (κ1) is 15.2. The maximum Gasteiger partial charge on any atom is 0.340 e. The van der Waals surface area contributed by atoms with Gasteiger partial charge < -0.3 is 9.47 Å². The molecule has 0 aliphatic rings. The largest absolute Gasteiger partial charge is 0.444 e. The Morgan fingerprint density at radius 1 is 0.950 bits per heavy atom. The summed E-state index contributed by atoms with van der Waals surface area (Å²) in [7, 11) is 0. The number of carbonyl (C=O) groups is 2. The van der Waals surface area contributed by atoms with Crippen molar-refractivity contribution in [2.24, 2.45) is 0 Å². The van der Waals surface area contributed by atoms with Crippen molar-refractivity contribution < 1.29 is 19.1 Å². The van der Waals surface area contributed by atoms with Gasteiger partial charge in [0.15, 0.2) is 12.2 Å². The van der Waals surface area contributed by atoms with E-state index in [1.165, 1.54) is 26.0 Å². The molecule has 0 aliphatic heterocycles. The lowest BCUT2D eigenvalue weighted by atomic mass is 10.1. The van der Waals surface area contributed by atoms with Crippen LogP contribution < -0.4 is 0 Å². The summed E-state index contributed by atoms with van der Waals surface area (Å²) in [6.07, 6.45) is -1.85. The second-order valence-electron chi connectivity index (χ2n) is 3.90. The molecule has 1 aromatic rings. The highest BCUT2D eigenvalue weighted by molar-refractivity contribution is 6.03. The fourth-order valence-corrected chi connectivity index (χ4v) is 1.34. The molecule has 1 aromatic carbocycles. The quantitative estimate of drug-likeness (QED) is 0.775. The molecule has 0 aromatic heterocycles. The number of nitriles is 2. The number of hydrogen-bond donors (Lipinski definition) is 0. The predicted molar refractivity (Wildman–Crippen MR) is 67.4 cm³/mol. The fourth-order valence-electron chi connectivity index (χ4n) is 1.34. The Bertz CT molecular complexity index is 545. The molecule has 20 heavy (non-hydrogen) atoms. The van der Waals surface area contributed by atoms with Crippen LogP contribution in [0.5, 0.6) is 0 Å². The fraction of sp³-hybridized carbons (Fsp3) is 0.286. The van der Waals surface area contributed by atoms with E-state index in [0.29, 0.717) is 0 Å². The molecule has 6 nitrogen and oxygen atoms in total. The molecule has 2 atom stereocenters. The number of rotatable bonds is 4. The van der Waals surface area contributed by atoms with Gasteiger partial charge in [-0.1, -0.05) is 12.1 Å². The first-order valence-electron chi connectivity index (χ1n) is 5.79. The lowest BCUT2D eigenvalue weighted by molar-refractivity contribution is 0.0386. The third kappa shape index (κ3) is 3.82. The third-order valence-electron chi connectivity index (χ3n) is 2.30. The zero-order valence-corrected chi connectivity index (χ0v) is 11.0. The first-order chi connectivity index (χ1) is 9.49. The van der Waals surface area contributed by atoms with Crippen LogP contribution in [0, 0.1) is 22.7 Å². The Morgan fingerprint density at radius 2 is 1.30 bits per heavy atom. The van der Waals surface area contributed by atoms with Crippen LogP contribution in [0.15, 0.2) is 24.3 Å². The Balaban J connectivity index is 3.00. The van der Waals surface area contributed by atoms with Crippen molar-refractivity contribution in [3.63, 3.8) is 0 Å². The summed E-state index contributed by atoms with van der Waals surface area (Å²) in [5.74, 6) is -1.59. The molecule has 0 heterocycles. The number of benzene rings is 1. The SMILES string of the molecule is CC(C#N)OC(=O)c1ccccc1C(=O)OC(C)C#N. The van der Waals surface area contributed by atoms with Gasteiger partial charge in [0.25, 0.3) is 0 Å². The molecular formula is C14H12N2O4. The standard InChI is InChI=1S/C14H12N2O4/c1-9(7-15)19-13(17)11-5-3-4-6-12(11)14(18)20-10(2)8-16/h3-6,9-10H,1-2H3. The monoisotopic (exact) mass is 272 g/mol. The van der Waals surface area contributed by atoms with Crippen molar-refractivity contribution in [1.82, 2.24) is 0 Å². The molecule has 0 bridgehead atoms. The van der Waals surface area contributed by atoms with Crippen molar-refractivity contribution in [3.05, 3.63) is 35.4 Å². The number of esters is 2. The molecule has 0 aliphatic carbocycles. The van der Waals surface area contributed by atoms with Gasteiger partial charge in [0, 0.05) is 0 Å². The number of carbonyl (C=O) groups excluding carboxylic acids is 2. The van der Waals surface area contributed by atoms with Crippen LogP contribution in [0.1, 0.15) is 34.6 Å². The molecule has 102 valence electrons. The van der Waals surface area contributed by atoms with Crippen LogP contribution in [-0.4, -0.2) is 24.1 Å². The van der Waals surface area contributed by atoms with E-state index in [9.17, 15) is 9.59 Å². The van der Waals surface area contributed by atoms with Gasteiger partial charge >= 0.3 is 11.9 Å². The molecule has 0 saturated heterocycles. The number of ether oxygens (including phenoxy) is 2. The smallest absolute Gasteiger partial charge is 0.340 e. The van der Waals surface area contributed by atoms with Crippen LogP contribution in [0.2, 0.25) is 0 Å². The van der Waals surface area contributed by atoms with Crippen molar-refractivity contribution in [1.29, 1.82) is 10.5 Å². The van der Waals surface area contributed by atoms with E-state index >= 15 is 0 Å². The van der Waals surface area contributed by atoms with Crippen LogP contribution in [-0.2, 0) is 9.47 Å². The van der Waals surface area contributed by atoms with Gasteiger partial charge in [-0.05, 0) is 26.0 Å². The minimum Gasteiger partial charge on any atom is -0.444 e. The molecule has 6 heteroatoms. The number of hydrogen-bond acceptors (Lipinski definition) is 6. The first-order valence-corrected chi connectivity index (χ1v) is 5.79. The average molecular weight is 272 g/mol. The molecule has 0 saturated carbocycles. The molecule has 2 unspecified atom stereocenters. The number of nitrogens with zero attached hydrogens (tertiary/aromatic N) is 2. The predicted octanol–water partition coefficient (Wildman–Crippen LogP) is 1.82. The highest BCUT2D eigenvalue weighted by Crippen LogP contribution is 2.13. The summed E-state index contributed by atoms with van der Waals surface area (Å²) < 4.78 is 9.67. The highest BCUT2D eigenvalue weighted by atomic mass is 16.5. The van der Waals surface area contributed by atoms with Gasteiger partial charge in [0.1, 0.15) is 12.1 Å². The Morgan fingerprint density at radius 3 is 1.60 bits per heavy atom. The van der Waals surface area contributed by atoms with E-state index in [4.69, 9.17) is 20.0 Å². The van der Waals surface area contributed by atoms with Gasteiger partial charge in [0.2, 0.25) is 0 Å². The second kappa shape index (κ2) is 6.91. The van der Waals surface area contributed by atoms with Crippen LogP contribution >= 0.6 is 0 Å². The summed E-state index contributed by atoms with van der Waals surface area (Å²) in [5.41, 5.74) is -0.0190. The minimum absolute atomic E-state index is 0.00950. The summed E-state index contributed by atoms with van der Waals surface area (Å²) in [6.45, 7) is 2.83. The summed E-state index contributed by atoms with van der Waals surface area (Å²) in [5, 5.41) is 17.2. The van der Waals surface area contributed by atoms with Gasteiger partial charge in [-0.25, -0.2) is 9.59 Å². The van der Waals surface area contributed by atoms with Crippen molar-refractivity contribution in [2.45, 2.75) is 26.1 Å². The zero-order valence-electron chi connectivity index (χ0n) is 11.0. The molecule has 0 spiro atoms. The average Bonchev–Trinajstić information content (AvgIpc) is 2.46. The van der Waals surface area contributed by atoms with E-state index in [1.54, 1.807) is 24.3 Å². The van der Waals surface area contributed by atoms with Gasteiger partial charge in [-0.3, -0.25) is 0 Å². The van der Waals surface area contributed by atoms with Crippen LogP contribution in [0.3, 0.4) is 0 Å². The lowest BCUT2D eigenvalue weighted by Crippen LogP contribution is -2.19. The molecular weight excluding hydrogens is 260 g/mol. The van der Waals surface area contributed by atoms with E-state index in [0.717, 1.165) is 0 Å². The zero-order chi connectivity index (χ0) is 15.1. The molecule has 0 fully saturated rings. The Hall–Kier alpha value is -2.86. The Labute approximate surface area is 116 Å². The van der Waals surface area contributed by atoms with E-state index in [2.05, 4.69) is 0 Å². The van der Waals surface area contributed by atoms with Crippen LogP contribution in [0.25, 0.3) is 0 Å². The van der Waals surface area contributed by atoms with Gasteiger partial charge in [0.05, 0.1) is 11.1 Å². The summed E-state index contributed by atoms with van der Waals surface area (Å²) in [6, 6.07) is 9.39. The Kier molecular flexibility index (Phi) is 5.25. The van der Waals surface area contributed by atoms with Crippen molar-refractivity contribution >= 4 is 11.9 Å². The highest BCUT2D eigenvalue weighted by Gasteiger charge is 2.21. The second-order valence-corrected chi connectivity index (χ2v) is 3.90. The molecule has 1 rings (SSSR count). The van der Waals surface area contributed by atoms with Crippen molar-refractivity contribution in [3.8, 4) is 12.1 Å². The van der Waals surface area contributed by atoms with Crippen molar-refractivity contribution in [2.75, 3.05) is 0 Å². The normalized spacial score (nSPS) is 12.4. The molecule has 0 amide bonds. The maximum absolute atomic E-state index is 11.8. The molecule has 0 N–H and O–H groups in total.